The van der Waals surface area contributed by atoms with Crippen LogP contribution < -0.4 is 5.32 Å². The smallest absolute Gasteiger partial charge is 0.358 e. The van der Waals surface area contributed by atoms with Crippen molar-refractivity contribution in [3.05, 3.63) is 34.0 Å². The van der Waals surface area contributed by atoms with Crippen molar-refractivity contribution in [2.75, 3.05) is 0 Å². The van der Waals surface area contributed by atoms with Crippen LogP contribution in [0.4, 0.5) is 5.82 Å². The van der Waals surface area contributed by atoms with Crippen molar-refractivity contribution in [1.82, 2.24) is 10.3 Å². The summed E-state index contributed by atoms with van der Waals surface area (Å²) < 4.78 is 0. The first kappa shape index (κ1) is 20.7. The molecule has 1 N–H and O–H groups in total. The van der Waals surface area contributed by atoms with E-state index >= 15 is 0 Å². The van der Waals surface area contributed by atoms with E-state index in [2.05, 4.69) is 24.1 Å². The third-order valence-electron chi connectivity index (χ3n) is 3.89. The van der Waals surface area contributed by atoms with Crippen LogP contribution in [-0.4, -0.2) is 21.7 Å². The lowest BCUT2D eigenvalue weighted by atomic mass is 10.0. The summed E-state index contributed by atoms with van der Waals surface area (Å²) in [4.78, 5) is 37.4. The zero-order valence-electron chi connectivity index (χ0n) is 15.0. The second-order valence-electron chi connectivity index (χ2n) is 6.56. The first-order valence-corrected chi connectivity index (χ1v) is 8.85. The third-order valence-corrected chi connectivity index (χ3v) is 3.89. The van der Waals surface area contributed by atoms with E-state index in [4.69, 9.17) is 0 Å². The van der Waals surface area contributed by atoms with E-state index in [1.165, 1.54) is 37.6 Å². The second kappa shape index (κ2) is 11.3. The minimum Gasteiger partial charge on any atom is -0.358 e. The van der Waals surface area contributed by atoms with Gasteiger partial charge in [-0.05, 0) is 34.4 Å². The maximum atomic E-state index is 12.0. The number of nitrogens with one attached hydrogen (secondary N) is 1. The van der Waals surface area contributed by atoms with Gasteiger partial charge < -0.3 is 10.1 Å². The molecule has 0 aliphatic carbocycles. The van der Waals surface area contributed by atoms with Crippen LogP contribution >= 0.6 is 0 Å². The van der Waals surface area contributed by atoms with Gasteiger partial charge in [0.05, 0.1) is 0 Å². The van der Waals surface area contributed by atoms with Crippen molar-refractivity contribution in [2.24, 2.45) is 5.92 Å². The van der Waals surface area contributed by atoms with Crippen LogP contribution in [0.3, 0.4) is 0 Å². The van der Waals surface area contributed by atoms with Crippen molar-refractivity contribution in [3.8, 4) is 0 Å². The third kappa shape index (κ3) is 8.37. The highest BCUT2D eigenvalue weighted by Crippen LogP contribution is 2.14. The number of carbonyl (C=O) groups is 2. The Morgan fingerprint density at radius 2 is 1.80 bits per heavy atom. The Kier molecular flexibility index (Phi) is 9.36. The fourth-order valence-corrected chi connectivity index (χ4v) is 2.52. The molecule has 25 heavy (non-hydrogen) atoms. The Hall–Kier alpha value is -2.31. The highest BCUT2D eigenvalue weighted by atomic mass is 16.6. The van der Waals surface area contributed by atoms with Crippen molar-refractivity contribution in [2.45, 2.75) is 65.2 Å². The van der Waals surface area contributed by atoms with Gasteiger partial charge in [-0.3, -0.25) is 14.9 Å². The summed E-state index contributed by atoms with van der Waals surface area (Å²) in [6.45, 7) is 4.44. The number of rotatable bonds is 11. The number of carbonyl (C=O) groups excluding carboxylic acids is 2. The minimum atomic E-state index is -0.779. The molecular formula is C18H27N3O4. The van der Waals surface area contributed by atoms with Gasteiger partial charge in [-0.2, -0.15) is 0 Å². The summed E-state index contributed by atoms with van der Waals surface area (Å²) in [7, 11) is 0. The Morgan fingerprint density at radius 3 is 2.44 bits per heavy atom. The molecule has 0 atom stereocenters. The van der Waals surface area contributed by atoms with Crippen molar-refractivity contribution in [1.29, 1.82) is 0 Å². The van der Waals surface area contributed by atoms with E-state index in [1.807, 2.05) is 0 Å². The quantitative estimate of drug-likeness (QED) is 0.369. The number of nitrogens with zero attached hydrogens (tertiary/aromatic N) is 2. The molecule has 0 fully saturated rings. The lowest BCUT2D eigenvalue weighted by Gasteiger charge is -2.05. The Morgan fingerprint density at radius 1 is 1.16 bits per heavy atom. The Balaban J connectivity index is 2.24. The molecule has 1 aromatic rings. The molecule has 0 saturated carbocycles. The van der Waals surface area contributed by atoms with Gasteiger partial charge in [0.15, 0.2) is 0 Å². The molecule has 7 heteroatoms. The first-order chi connectivity index (χ1) is 11.9. The molecule has 1 aromatic heterocycles. The molecule has 0 bridgehead atoms. The van der Waals surface area contributed by atoms with Crippen molar-refractivity contribution < 1.29 is 14.5 Å². The van der Waals surface area contributed by atoms with E-state index in [0.29, 0.717) is 6.42 Å². The molecule has 138 valence electrons. The van der Waals surface area contributed by atoms with Crippen molar-refractivity contribution >= 4 is 17.6 Å². The number of hydrogen-bond donors (Lipinski definition) is 1. The lowest BCUT2D eigenvalue weighted by molar-refractivity contribution is -0.389. The van der Waals surface area contributed by atoms with Gasteiger partial charge in [-0.25, -0.2) is 0 Å². The summed E-state index contributed by atoms with van der Waals surface area (Å²) in [5, 5.41) is 13.0. The summed E-state index contributed by atoms with van der Waals surface area (Å²) in [5.41, 5.74) is -0.203. The highest BCUT2D eigenvalue weighted by Gasteiger charge is 2.22. The van der Waals surface area contributed by atoms with E-state index in [1.54, 1.807) is 0 Å². The van der Waals surface area contributed by atoms with Crippen LogP contribution in [0.1, 0.15) is 75.6 Å². The van der Waals surface area contributed by atoms with Crippen molar-refractivity contribution in [3.63, 3.8) is 0 Å². The van der Waals surface area contributed by atoms with Gasteiger partial charge in [-0.15, -0.1) is 0 Å². The average molecular weight is 349 g/mol. The van der Waals surface area contributed by atoms with Gasteiger partial charge >= 0.3 is 5.82 Å². The molecule has 1 heterocycles. The molecule has 0 saturated heterocycles. The largest absolute Gasteiger partial charge is 0.376 e. The molecule has 0 radical (unpaired) electrons. The molecule has 1 rings (SSSR count). The average Bonchev–Trinajstić information content (AvgIpc) is 2.56. The van der Waals surface area contributed by atoms with Crippen LogP contribution in [-0.2, 0) is 4.79 Å². The minimum absolute atomic E-state index is 0.203. The molecule has 2 amide bonds. The van der Waals surface area contributed by atoms with Gasteiger partial charge in [0.1, 0.15) is 11.8 Å². The van der Waals surface area contributed by atoms with Crippen LogP contribution in [0.15, 0.2) is 18.3 Å². The zero-order chi connectivity index (χ0) is 18.7. The van der Waals surface area contributed by atoms with E-state index < -0.39 is 22.6 Å². The highest BCUT2D eigenvalue weighted by molar-refractivity contribution is 6.06. The Labute approximate surface area is 148 Å². The maximum absolute atomic E-state index is 12.0. The summed E-state index contributed by atoms with van der Waals surface area (Å²) in [5.74, 6) is -0.993. The number of imide groups is 1. The number of amides is 2. The standard InChI is InChI=1S/C18H27N3O4/c1-14(2)10-7-5-3-4-6-8-12-16(22)20-18(23)15-11-9-13-19-17(15)21(24)25/h9,11,13-14H,3-8,10,12H2,1-2H3,(H,20,22,23). The molecule has 0 aromatic carbocycles. The Bertz CT molecular complexity index is 587. The van der Waals surface area contributed by atoms with Gasteiger partial charge in [-0.1, -0.05) is 52.4 Å². The SMILES string of the molecule is CC(C)CCCCCCCCC(=O)NC(=O)c1cccnc1[N+](=O)[O-]. The monoisotopic (exact) mass is 349 g/mol. The summed E-state index contributed by atoms with van der Waals surface area (Å²) in [6.07, 6.45) is 9.08. The predicted octanol–water partition coefficient (Wildman–Crippen LogP) is 4.02. The molecule has 0 aliphatic heterocycles. The molecule has 0 unspecified atom stereocenters. The van der Waals surface area contributed by atoms with Crippen LogP contribution in [0.2, 0.25) is 0 Å². The topological polar surface area (TPSA) is 102 Å². The van der Waals surface area contributed by atoms with E-state index in [9.17, 15) is 19.7 Å². The fraction of sp³-hybridized carbons (Fsp3) is 0.611. The summed E-state index contributed by atoms with van der Waals surface area (Å²) >= 11 is 0. The van der Waals surface area contributed by atoms with Gasteiger partial charge in [0.25, 0.3) is 5.91 Å². The number of aromatic nitrogens is 1. The molecule has 0 spiro atoms. The predicted molar refractivity (Wildman–Crippen MR) is 95.1 cm³/mol. The lowest BCUT2D eigenvalue weighted by Crippen LogP contribution is -2.30. The first-order valence-electron chi connectivity index (χ1n) is 8.85. The van der Waals surface area contributed by atoms with Gasteiger partial charge in [0.2, 0.25) is 5.91 Å². The normalized spacial score (nSPS) is 10.7. The van der Waals surface area contributed by atoms with Crippen LogP contribution in [0.5, 0.6) is 0 Å². The number of nitro groups is 1. The molecule has 7 nitrogen and oxygen atoms in total. The maximum Gasteiger partial charge on any atom is 0.376 e. The van der Waals surface area contributed by atoms with Crippen LogP contribution in [0, 0.1) is 16.0 Å². The summed E-state index contributed by atoms with van der Waals surface area (Å²) in [6, 6.07) is 2.70. The molecule has 0 aliphatic rings. The number of pyridine rings is 1. The van der Waals surface area contributed by atoms with E-state index in [0.717, 1.165) is 25.2 Å². The fourth-order valence-electron chi connectivity index (χ4n) is 2.52. The number of unbranched alkanes of at least 4 members (excludes halogenated alkanes) is 5. The van der Waals surface area contributed by atoms with Crippen LogP contribution in [0.25, 0.3) is 0 Å². The second-order valence-corrected chi connectivity index (χ2v) is 6.56. The molecular weight excluding hydrogens is 322 g/mol. The van der Waals surface area contributed by atoms with E-state index in [-0.39, 0.29) is 12.0 Å². The number of hydrogen-bond acceptors (Lipinski definition) is 5. The van der Waals surface area contributed by atoms with Gasteiger partial charge in [0, 0.05) is 6.42 Å². The zero-order valence-corrected chi connectivity index (χ0v) is 15.0.